The molecular formula is C23H26ClFN2O4. The summed E-state index contributed by atoms with van der Waals surface area (Å²) in [5.41, 5.74) is 0.391. The maximum absolute atomic E-state index is 13.7. The Labute approximate surface area is 185 Å². The Kier molecular flexibility index (Phi) is 6.65. The predicted octanol–water partition coefficient (Wildman–Crippen LogP) is 3.86. The third kappa shape index (κ3) is 5.29. The van der Waals surface area contributed by atoms with Gasteiger partial charge in [-0.1, -0.05) is 11.6 Å². The van der Waals surface area contributed by atoms with Crippen molar-refractivity contribution in [3.63, 3.8) is 0 Å². The van der Waals surface area contributed by atoms with Gasteiger partial charge in [0.1, 0.15) is 35.6 Å². The zero-order valence-electron chi connectivity index (χ0n) is 17.3. The fraction of sp³-hybridized carbons (Fsp3) is 0.435. The summed E-state index contributed by atoms with van der Waals surface area (Å²) >= 11 is 5.92. The van der Waals surface area contributed by atoms with Gasteiger partial charge in [-0.25, -0.2) is 4.39 Å². The van der Waals surface area contributed by atoms with Crippen LogP contribution in [0.5, 0.6) is 11.5 Å². The Morgan fingerprint density at radius 1 is 1.16 bits per heavy atom. The van der Waals surface area contributed by atoms with Crippen molar-refractivity contribution in [2.24, 2.45) is 0 Å². The first-order chi connectivity index (χ1) is 14.9. The summed E-state index contributed by atoms with van der Waals surface area (Å²) in [6, 6.07) is 11.2. The molecule has 8 heteroatoms. The molecule has 4 rings (SSSR count). The van der Waals surface area contributed by atoms with Crippen molar-refractivity contribution in [3.05, 3.63) is 53.3 Å². The maximum atomic E-state index is 13.7. The third-order valence-electron chi connectivity index (χ3n) is 5.82. The molecule has 0 spiro atoms. The summed E-state index contributed by atoms with van der Waals surface area (Å²) in [5.74, 6) is 0.270. The Hall–Kier alpha value is -2.35. The number of aliphatic hydroxyl groups excluding tert-OH is 1. The molecule has 0 radical (unpaired) electrons. The molecule has 2 aromatic carbocycles. The van der Waals surface area contributed by atoms with Crippen LogP contribution in [-0.4, -0.2) is 53.4 Å². The van der Waals surface area contributed by atoms with Crippen LogP contribution in [0.15, 0.2) is 42.5 Å². The average Bonchev–Trinajstić information content (AvgIpc) is 3.32. The molecule has 6 nitrogen and oxygen atoms in total. The van der Waals surface area contributed by atoms with E-state index in [-0.39, 0.29) is 23.8 Å². The predicted molar refractivity (Wildman–Crippen MR) is 116 cm³/mol. The number of nitrogens with one attached hydrogen (secondary N) is 1. The number of carbonyl (C=O) groups excluding carboxylic acids is 1. The van der Waals surface area contributed by atoms with E-state index in [0.29, 0.717) is 23.7 Å². The second-order valence-corrected chi connectivity index (χ2v) is 8.53. The van der Waals surface area contributed by atoms with Gasteiger partial charge in [0.05, 0.1) is 5.69 Å². The number of likely N-dealkylation sites (tertiary alicyclic amines) is 1. The van der Waals surface area contributed by atoms with Crippen molar-refractivity contribution in [1.82, 2.24) is 4.90 Å². The van der Waals surface area contributed by atoms with Crippen LogP contribution in [0, 0.1) is 5.82 Å². The van der Waals surface area contributed by atoms with Gasteiger partial charge in [0.15, 0.2) is 0 Å². The highest BCUT2D eigenvalue weighted by atomic mass is 35.5. The number of ether oxygens (including phenoxy) is 2. The van der Waals surface area contributed by atoms with Crippen LogP contribution >= 0.6 is 11.6 Å². The highest BCUT2D eigenvalue weighted by molar-refractivity contribution is 6.30. The molecule has 2 N–H and O–H groups in total. The number of amides is 1. The van der Waals surface area contributed by atoms with Gasteiger partial charge in [-0.15, -0.1) is 0 Å². The van der Waals surface area contributed by atoms with E-state index in [1.807, 2.05) is 12.1 Å². The number of hydrogen-bond donors (Lipinski definition) is 2. The average molecular weight is 449 g/mol. The number of carbonyl (C=O) groups is 1. The van der Waals surface area contributed by atoms with Gasteiger partial charge in [-0.05, 0) is 55.7 Å². The van der Waals surface area contributed by atoms with Gasteiger partial charge in [0.25, 0.3) is 0 Å². The van der Waals surface area contributed by atoms with E-state index in [1.54, 1.807) is 12.1 Å². The quantitative estimate of drug-likeness (QED) is 0.702. The van der Waals surface area contributed by atoms with E-state index in [9.17, 15) is 14.3 Å². The molecule has 31 heavy (non-hydrogen) atoms. The molecule has 1 amide bonds. The molecule has 1 aliphatic heterocycles. The summed E-state index contributed by atoms with van der Waals surface area (Å²) in [6.07, 6.45) is 1.13. The standard InChI is InChI=1S/C23H26ClFN2O4/c1-14(28)26-19-7-4-16(25)12-22(19)31-21-9-8-20(23(21)29)27-11-10-18(13-27)30-17-5-2-15(24)3-6-17/h2-7,12,18,20-21,23,29H,8-11,13H2,1H3,(H,26,28)/t18-,20-,21+,23?/m0/s1. The number of nitrogens with zero attached hydrogens (tertiary/aromatic N) is 1. The van der Waals surface area contributed by atoms with Gasteiger partial charge in [0, 0.05) is 37.1 Å². The van der Waals surface area contributed by atoms with Crippen molar-refractivity contribution < 1.29 is 23.8 Å². The maximum Gasteiger partial charge on any atom is 0.221 e. The molecule has 1 aliphatic carbocycles. The summed E-state index contributed by atoms with van der Waals surface area (Å²) < 4.78 is 25.7. The van der Waals surface area contributed by atoms with E-state index in [2.05, 4.69) is 10.2 Å². The lowest BCUT2D eigenvalue weighted by atomic mass is 10.1. The zero-order chi connectivity index (χ0) is 22.0. The fourth-order valence-corrected chi connectivity index (χ4v) is 4.48. The Bertz CT molecular complexity index is 926. The topological polar surface area (TPSA) is 71.0 Å². The smallest absolute Gasteiger partial charge is 0.221 e. The van der Waals surface area contributed by atoms with E-state index >= 15 is 0 Å². The molecule has 1 heterocycles. The van der Waals surface area contributed by atoms with Crippen molar-refractivity contribution in [1.29, 1.82) is 0 Å². The lowest BCUT2D eigenvalue weighted by Crippen LogP contribution is -2.44. The Balaban J connectivity index is 1.36. The van der Waals surface area contributed by atoms with Crippen LogP contribution in [0.2, 0.25) is 5.02 Å². The molecule has 2 aromatic rings. The molecule has 2 aliphatic rings. The second kappa shape index (κ2) is 9.42. The van der Waals surface area contributed by atoms with Crippen LogP contribution < -0.4 is 14.8 Å². The molecule has 0 bridgehead atoms. The van der Waals surface area contributed by atoms with Crippen molar-refractivity contribution in [3.8, 4) is 11.5 Å². The first-order valence-electron chi connectivity index (χ1n) is 10.5. The molecule has 1 saturated heterocycles. The molecule has 4 atom stereocenters. The molecule has 166 valence electrons. The first-order valence-corrected chi connectivity index (χ1v) is 10.8. The first kappa shape index (κ1) is 21.9. The van der Waals surface area contributed by atoms with Gasteiger partial charge in [0.2, 0.25) is 5.91 Å². The molecular weight excluding hydrogens is 423 g/mol. The minimum absolute atomic E-state index is 0.0444. The monoisotopic (exact) mass is 448 g/mol. The van der Waals surface area contributed by atoms with Gasteiger partial charge in [-0.3, -0.25) is 9.69 Å². The van der Waals surface area contributed by atoms with E-state index in [4.69, 9.17) is 21.1 Å². The molecule has 1 unspecified atom stereocenters. The Morgan fingerprint density at radius 2 is 1.94 bits per heavy atom. The fourth-order valence-electron chi connectivity index (χ4n) is 4.36. The number of rotatable bonds is 6. The summed E-state index contributed by atoms with van der Waals surface area (Å²) in [4.78, 5) is 13.7. The summed E-state index contributed by atoms with van der Waals surface area (Å²) in [5, 5.41) is 14.2. The van der Waals surface area contributed by atoms with Gasteiger partial charge >= 0.3 is 0 Å². The van der Waals surface area contributed by atoms with Gasteiger partial charge in [-0.2, -0.15) is 0 Å². The highest BCUT2D eigenvalue weighted by Crippen LogP contribution is 2.34. The lowest BCUT2D eigenvalue weighted by Gasteiger charge is -2.28. The normalized spacial score (nSPS) is 26.1. The minimum atomic E-state index is -0.720. The third-order valence-corrected chi connectivity index (χ3v) is 6.07. The van der Waals surface area contributed by atoms with Gasteiger partial charge < -0.3 is 19.9 Å². The highest BCUT2D eigenvalue weighted by Gasteiger charge is 2.42. The van der Waals surface area contributed by atoms with Crippen LogP contribution in [0.3, 0.4) is 0 Å². The Morgan fingerprint density at radius 3 is 2.68 bits per heavy atom. The minimum Gasteiger partial charge on any atom is -0.489 e. The molecule has 2 fully saturated rings. The van der Waals surface area contributed by atoms with E-state index in [0.717, 1.165) is 25.1 Å². The van der Waals surface area contributed by atoms with Crippen LogP contribution in [-0.2, 0) is 4.79 Å². The van der Waals surface area contributed by atoms with Crippen LogP contribution in [0.25, 0.3) is 0 Å². The number of hydrogen-bond acceptors (Lipinski definition) is 5. The van der Waals surface area contributed by atoms with E-state index < -0.39 is 18.0 Å². The van der Waals surface area contributed by atoms with Crippen LogP contribution in [0.4, 0.5) is 10.1 Å². The SMILES string of the molecule is CC(=O)Nc1ccc(F)cc1O[C@@H]1CC[C@H](N2CC[C@H](Oc3ccc(Cl)cc3)C2)C1O. The lowest BCUT2D eigenvalue weighted by molar-refractivity contribution is -0.114. The van der Waals surface area contributed by atoms with Crippen molar-refractivity contribution in [2.45, 2.75) is 50.5 Å². The molecule has 1 saturated carbocycles. The van der Waals surface area contributed by atoms with Crippen LogP contribution in [0.1, 0.15) is 26.2 Å². The zero-order valence-corrected chi connectivity index (χ0v) is 18.0. The van der Waals surface area contributed by atoms with Crippen molar-refractivity contribution in [2.75, 3.05) is 18.4 Å². The van der Waals surface area contributed by atoms with Crippen molar-refractivity contribution >= 4 is 23.2 Å². The molecule has 0 aromatic heterocycles. The largest absolute Gasteiger partial charge is 0.489 e. The number of halogens is 2. The summed E-state index contributed by atoms with van der Waals surface area (Å²) in [7, 11) is 0. The van der Waals surface area contributed by atoms with E-state index in [1.165, 1.54) is 25.1 Å². The number of benzene rings is 2. The number of anilines is 1. The second-order valence-electron chi connectivity index (χ2n) is 8.09. The summed E-state index contributed by atoms with van der Waals surface area (Å²) in [6.45, 7) is 2.92. The number of aliphatic hydroxyl groups is 1.